The first kappa shape index (κ1) is 15.3. The Morgan fingerprint density at radius 1 is 1.00 bits per heavy atom. The van der Waals surface area contributed by atoms with E-state index in [0.717, 1.165) is 18.4 Å². The van der Waals surface area contributed by atoms with Gasteiger partial charge in [0.15, 0.2) is 0 Å². The van der Waals surface area contributed by atoms with E-state index in [2.05, 4.69) is 18.7 Å². The van der Waals surface area contributed by atoms with Gasteiger partial charge in [0.05, 0.1) is 0 Å². The molecule has 0 aromatic rings. The Hall–Kier alpha value is -0.0800. The van der Waals surface area contributed by atoms with Crippen LogP contribution in [0, 0.1) is 11.8 Å². The third-order valence-electron chi connectivity index (χ3n) is 6.07. The van der Waals surface area contributed by atoms with Crippen molar-refractivity contribution in [2.45, 2.75) is 77.2 Å². The molecule has 112 valence electrons. The van der Waals surface area contributed by atoms with Crippen molar-refractivity contribution < 1.29 is 0 Å². The summed E-state index contributed by atoms with van der Waals surface area (Å²) in [4.78, 5) is 2.82. The first-order valence-corrected chi connectivity index (χ1v) is 8.72. The van der Waals surface area contributed by atoms with Gasteiger partial charge in [0.1, 0.15) is 0 Å². The van der Waals surface area contributed by atoms with Gasteiger partial charge in [-0.3, -0.25) is 4.90 Å². The zero-order chi connectivity index (χ0) is 13.7. The second-order valence-corrected chi connectivity index (χ2v) is 6.85. The molecule has 2 heteroatoms. The maximum atomic E-state index is 6.31. The predicted molar refractivity (Wildman–Crippen MR) is 83.2 cm³/mol. The molecule has 1 aliphatic carbocycles. The third kappa shape index (κ3) is 3.16. The molecule has 0 aromatic carbocycles. The van der Waals surface area contributed by atoms with Crippen molar-refractivity contribution in [3.63, 3.8) is 0 Å². The van der Waals surface area contributed by atoms with Crippen LogP contribution in [0.2, 0.25) is 0 Å². The topological polar surface area (TPSA) is 29.3 Å². The molecule has 0 aromatic heterocycles. The zero-order valence-corrected chi connectivity index (χ0v) is 13.2. The summed E-state index contributed by atoms with van der Waals surface area (Å²) in [6.45, 7) is 8.19. The van der Waals surface area contributed by atoms with Crippen molar-refractivity contribution in [2.75, 3.05) is 19.6 Å². The van der Waals surface area contributed by atoms with Crippen molar-refractivity contribution in [2.24, 2.45) is 17.6 Å². The summed E-state index contributed by atoms with van der Waals surface area (Å²) in [7, 11) is 0. The molecule has 2 aliphatic rings. The lowest BCUT2D eigenvalue weighted by atomic mass is 9.70. The monoisotopic (exact) mass is 266 g/mol. The average molecular weight is 266 g/mol. The van der Waals surface area contributed by atoms with Crippen molar-refractivity contribution in [1.29, 1.82) is 0 Å². The molecule has 2 nitrogen and oxygen atoms in total. The minimum Gasteiger partial charge on any atom is -0.329 e. The first-order valence-electron chi connectivity index (χ1n) is 8.72. The average Bonchev–Trinajstić information content (AvgIpc) is 2.72. The van der Waals surface area contributed by atoms with E-state index in [4.69, 9.17) is 5.73 Å². The fraction of sp³-hybridized carbons (Fsp3) is 1.00. The van der Waals surface area contributed by atoms with Gasteiger partial charge in [-0.2, -0.15) is 0 Å². The lowest BCUT2D eigenvalue weighted by molar-refractivity contribution is 0.00556. The summed E-state index contributed by atoms with van der Waals surface area (Å²) < 4.78 is 0. The van der Waals surface area contributed by atoms with Gasteiger partial charge in [0.25, 0.3) is 0 Å². The summed E-state index contributed by atoms with van der Waals surface area (Å²) in [6, 6.07) is 0. The van der Waals surface area contributed by atoms with E-state index >= 15 is 0 Å². The van der Waals surface area contributed by atoms with Crippen molar-refractivity contribution >= 4 is 0 Å². The number of rotatable bonds is 4. The van der Waals surface area contributed by atoms with Gasteiger partial charge < -0.3 is 5.73 Å². The third-order valence-corrected chi connectivity index (χ3v) is 6.07. The number of nitrogens with zero attached hydrogens (tertiary/aromatic N) is 1. The van der Waals surface area contributed by atoms with E-state index < -0.39 is 0 Å². The van der Waals surface area contributed by atoms with E-state index in [-0.39, 0.29) is 0 Å². The molecule has 0 amide bonds. The van der Waals surface area contributed by atoms with Gasteiger partial charge >= 0.3 is 0 Å². The molecule has 0 radical (unpaired) electrons. The number of nitrogens with two attached hydrogens (primary N) is 1. The van der Waals surface area contributed by atoms with Crippen LogP contribution in [0.15, 0.2) is 0 Å². The zero-order valence-electron chi connectivity index (χ0n) is 13.2. The molecule has 3 unspecified atom stereocenters. The fourth-order valence-electron chi connectivity index (χ4n) is 4.71. The highest BCUT2D eigenvalue weighted by Crippen LogP contribution is 2.41. The maximum Gasteiger partial charge on any atom is 0.0359 e. The Labute approximate surface area is 120 Å². The Morgan fingerprint density at radius 3 is 2.53 bits per heavy atom. The minimum atomic E-state index is 0.343. The smallest absolute Gasteiger partial charge is 0.0359 e. The molecular weight excluding hydrogens is 232 g/mol. The molecule has 0 spiro atoms. The van der Waals surface area contributed by atoms with Crippen LogP contribution < -0.4 is 5.73 Å². The summed E-state index contributed by atoms with van der Waals surface area (Å²) in [5, 5.41) is 0. The van der Waals surface area contributed by atoms with E-state index in [0.29, 0.717) is 5.54 Å². The Kier molecular flexibility index (Phi) is 5.70. The van der Waals surface area contributed by atoms with Gasteiger partial charge in [-0.05, 0) is 57.0 Å². The van der Waals surface area contributed by atoms with Gasteiger partial charge in [-0.15, -0.1) is 0 Å². The highest BCUT2D eigenvalue weighted by atomic mass is 15.2. The van der Waals surface area contributed by atoms with E-state index in [1.807, 2.05) is 0 Å². The lowest BCUT2D eigenvalue weighted by Gasteiger charge is -2.51. The van der Waals surface area contributed by atoms with Crippen LogP contribution in [0.3, 0.4) is 0 Å². The number of hydrogen-bond donors (Lipinski definition) is 1. The van der Waals surface area contributed by atoms with Crippen LogP contribution in [0.25, 0.3) is 0 Å². The summed E-state index contributed by atoms with van der Waals surface area (Å²) >= 11 is 0. The molecule has 3 atom stereocenters. The van der Waals surface area contributed by atoms with Crippen molar-refractivity contribution in [3.8, 4) is 0 Å². The largest absolute Gasteiger partial charge is 0.329 e. The first-order chi connectivity index (χ1) is 9.26. The number of hydrogen-bond acceptors (Lipinski definition) is 2. The van der Waals surface area contributed by atoms with E-state index in [1.54, 1.807) is 0 Å². The molecule has 2 rings (SSSR count). The second kappa shape index (κ2) is 7.08. The molecule has 2 fully saturated rings. The SMILES string of the molecule is CCC1CCCN(C2(CN)CCCCC2CC)CC1. The predicted octanol–water partition coefficient (Wildman–Crippen LogP) is 3.80. The van der Waals surface area contributed by atoms with Crippen LogP contribution in [0.4, 0.5) is 0 Å². The molecule has 1 aliphatic heterocycles. The van der Waals surface area contributed by atoms with E-state index in [1.165, 1.54) is 70.9 Å². The van der Waals surface area contributed by atoms with Crippen LogP contribution >= 0.6 is 0 Å². The standard InChI is InChI=1S/C17H34N2/c1-3-15-8-7-12-19(13-10-15)17(14-18)11-6-5-9-16(17)4-2/h15-16H,3-14,18H2,1-2H3. The quantitative estimate of drug-likeness (QED) is 0.838. The van der Waals surface area contributed by atoms with Crippen LogP contribution in [-0.2, 0) is 0 Å². The van der Waals surface area contributed by atoms with Gasteiger partial charge in [0.2, 0.25) is 0 Å². The normalized spacial score (nSPS) is 38.1. The van der Waals surface area contributed by atoms with Crippen molar-refractivity contribution in [1.82, 2.24) is 4.90 Å². The Balaban J connectivity index is 2.10. The number of likely N-dealkylation sites (tertiary alicyclic amines) is 1. The summed E-state index contributed by atoms with van der Waals surface area (Å²) in [6.07, 6.45) is 12.5. The molecule has 19 heavy (non-hydrogen) atoms. The molecule has 0 bridgehead atoms. The van der Waals surface area contributed by atoms with Crippen LogP contribution in [-0.4, -0.2) is 30.1 Å². The van der Waals surface area contributed by atoms with Crippen LogP contribution in [0.5, 0.6) is 0 Å². The highest BCUT2D eigenvalue weighted by molar-refractivity contribution is 5.00. The fourth-order valence-corrected chi connectivity index (χ4v) is 4.71. The Morgan fingerprint density at radius 2 is 1.84 bits per heavy atom. The maximum absolute atomic E-state index is 6.31. The molecule has 2 N–H and O–H groups in total. The highest BCUT2D eigenvalue weighted by Gasteiger charge is 2.43. The van der Waals surface area contributed by atoms with Gasteiger partial charge in [0, 0.05) is 12.1 Å². The second-order valence-electron chi connectivity index (χ2n) is 6.85. The Bertz CT molecular complexity index is 266. The van der Waals surface area contributed by atoms with Gasteiger partial charge in [-0.1, -0.05) is 39.5 Å². The van der Waals surface area contributed by atoms with Gasteiger partial charge in [-0.25, -0.2) is 0 Å². The van der Waals surface area contributed by atoms with Crippen LogP contribution in [0.1, 0.15) is 71.6 Å². The molecule has 1 heterocycles. The molecule has 1 saturated heterocycles. The summed E-state index contributed by atoms with van der Waals surface area (Å²) in [5.74, 6) is 1.80. The molecular formula is C17H34N2. The summed E-state index contributed by atoms with van der Waals surface area (Å²) in [5.41, 5.74) is 6.65. The molecule has 1 saturated carbocycles. The minimum absolute atomic E-state index is 0.343. The lowest BCUT2D eigenvalue weighted by Crippen LogP contribution is -2.60. The van der Waals surface area contributed by atoms with E-state index in [9.17, 15) is 0 Å². The van der Waals surface area contributed by atoms with Crippen molar-refractivity contribution in [3.05, 3.63) is 0 Å².